The van der Waals surface area contributed by atoms with E-state index < -0.39 is 15.9 Å². The highest BCUT2D eigenvalue weighted by Gasteiger charge is 2.27. The van der Waals surface area contributed by atoms with Crippen molar-refractivity contribution in [3.63, 3.8) is 0 Å². The highest BCUT2D eigenvalue weighted by molar-refractivity contribution is 7.89. The Bertz CT molecular complexity index is 759. The van der Waals surface area contributed by atoms with Gasteiger partial charge in [-0.1, -0.05) is 18.0 Å². The number of nitrogens with one attached hydrogen (secondary N) is 1. The van der Waals surface area contributed by atoms with Crippen LogP contribution in [-0.2, 0) is 14.8 Å². The Labute approximate surface area is 153 Å². The number of likely N-dealkylation sites (N-methyl/N-ethyl adjacent to an activating group) is 1. The number of sulfonamides is 1. The maximum atomic E-state index is 12.7. The maximum absolute atomic E-state index is 12.7. The van der Waals surface area contributed by atoms with E-state index in [2.05, 4.69) is 5.32 Å². The second-order valence-electron chi connectivity index (χ2n) is 6.08. The third kappa shape index (κ3) is 4.71. The molecule has 0 spiro atoms. The first kappa shape index (κ1) is 19.7. The van der Waals surface area contributed by atoms with Crippen molar-refractivity contribution < 1.29 is 18.0 Å². The minimum Gasteiger partial charge on any atom is -0.347 e. The fraction of sp³-hybridized carbons (Fsp3) is 0.500. The lowest BCUT2D eigenvalue weighted by Gasteiger charge is -2.26. The van der Waals surface area contributed by atoms with Crippen LogP contribution in [0.4, 0.5) is 0 Å². The zero-order valence-corrected chi connectivity index (χ0v) is 15.9. The molecule has 0 unspecified atom stereocenters. The minimum atomic E-state index is -3.66. The number of hydrogen-bond donors (Lipinski definition) is 1. The third-order valence-electron chi connectivity index (χ3n) is 4.03. The number of hydrogen-bond acceptors (Lipinski definition) is 4. The summed E-state index contributed by atoms with van der Waals surface area (Å²) in [5, 5.41) is 2.59. The van der Waals surface area contributed by atoms with Crippen LogP contribution in [0.25, 0.3) is 0 Å². The molecule has 0 aliphatic carbocycles. The molecular weight excluding hydrogens is 366 g/mol. The molecule has 7 nitrogen and oxygen atoms in total. The SMILES string of the molecule is CN(C)C(=O)CNC(=O)c1cc(S(=O)(=O)N2CCCCC2)ccc1Cl. The van der Waals surface area contributed by atoms with E-state index in [4.69, 9.17) is 11.6 Å². The molecule has 1 aromatic carbocycles. The van der Waals surface area contributed by atoms with Gasteiger partial charge in [-0.25, -0.2) is 8.42 Å². The van der Waals surface area contributed by atoms with Crippen molar-refractivity contribution in [2.75, 3.05) is 33.7 Å². The summed E-state index contributed by atoms with van der Waals surface area (Å²) in [6.07, 6.45) is 2.67. The van der Waals surface area contributed by atoms with Crippen LogP contribution in [-0.4, -0.2) is 63.2 Å². The predicted octanol–water partition coefficient (Wildman–Crippen LogP) is 1.33. The van der Waals surface area contributed by atoms with Crippen LogP contribution in [0.3, 0.4) is 0 Å². The van der Waals surface area contributed by atoms with Gasteiger partial charge in [-0.05, 0) is 31.0 Å². The lowest BCUT2D eigenvalue weighted by Crippen LogP contribution is -2.37. The molecule has 0 atom stereocenters. The van der Waals surface area contributed by atoms with Gasteiger partial charge in [0.25, 0.3) is 5.91 Å². The molecule has 138 valence electrons. The second-order valence-corrected chi connectivity index (χ2v) is 8.42. The van der Waals surface area contributed by atoms with E-state index in [1.807, 2.05) is 0 Å². The Morgan fingerprint density at radius 3 is 2.44 bits per heavy atom. The smallest absolute Gasteiger partial charge is 0.253 e. The van der Waals surface area contributed by atoms with Gasteiger partial charge in [0.1, 0.15) is 0 Å². The Balaban J connectivity index is 2.22. The quantitative estimate of drug-likeness (QED) is 0.825. The Morgan fingerprint density at radius 2 is 1.84 bits per heavy atom. The molecule has 1 aliphatic heterocycles. The third-order valence-corrected chi connectivity index (χ3v) is 6.26. The van der Waals surface area contributed by atoms with E-state index in [9.17, 15) is 18.0 Å². The van der Waals surface area contributed by atoms with Gasteiger partial charge >= 0.3 is 0 Å². The van der Waals surface area contributed by atoms with E-state index in [1.165, 1.54) is 27.4 Å². The Hall–Kier alpha value is -1.64. The van der Waals surface area contributed by atoms with E-state index in [-0.39, 0.29) is 27.9 Å². The van der Waals surface area contributed by atoms with Gasteiger partial charge in [0.15, 0.2) is 0 Å². The summed E-state index contributed by atoms with van der Waals surface area (Å²) in [6.45, 7) is 0.763. The fourth-order valence-electron chi connectivity index (χ4n) is 2.50. The molecule has 25 heavy (non-hydrogen) atoms. The van der Waals surface area contributed by atoms with Crippen molar-refractivity contribution in [3.05, 3.63) is 28.8 Å². The zero-order valence-electron chi connectivity index (χ0n) is 14.3. The number of piperidine rings is 1. The molecule has 0 bridgehead atoms. The van der Waals surface area contributed by atoms with Crippen molar-refractivity contribution >= 4 is 33.4 Å². The van der Waals surface area contributed by atoms with Crippen LogP contribution in [0.5, 0.6) is 0 Å². The van der Waals surface area contributed by atoms with Crippen molar-refractivity contribution in [1.29, 1.82) is 0 Å². The number of amides is 2. The molecule has 1 aromatic rings. The summed E-state index contributed by atoms with van der Waals surface area (Å²) >= 11 is 6.04. The molecule has 1 heterocycles. The molecule has 2 amide bonds. The number of benzene rings is 1. The van der Waals surface area contributed by atoms with Crippen LogP contribution in [0.2, 0.25) is 5.02 Å². The summed E-state index contributed by atoms with van der Waals surface area (Å²) in [7, 11) is -0.507. The van der Waals surface area contributed by atoms with E-state index in [0.717, 1.165) is 19.3 Å². The van der Waals surface area contributed by atoms with Crippen molar-refractivity contribution in [3.8, 4) is 0 Å². The molecule has 0 saturated carbocycles. The van der Waals surface area contributed by atoms with Crippen molar-refractivity contribution in [2.24, 2.45) is 0 Å². The van der Waals surface area contributed by atoms with Crippen LogP contribution < -0.4 is 5.32 Å². The van der Waals surface area contributed by atoms with E-state index in [0.29, 0.717) is 13.1 Å². The van der Waals surface area contributed by atoms with Crippen molar-refractivity contribution in [1.82, 2.24) is 14.5 Å². The van der Waals surface area contributed by atoms with Gasteiger partial charge in [0.2, 0.25) is 15.9 Å². The Morgan fingerprint density at radius 1 is 1.20 bits per heavy atom. The predicted molar refractivity (Wildman–Crippen MR) is 95.1 cm³/mol. The van der Waals surface area contributed by atoms with Crippen LogP contribution in [0.1, 0.15) is 29.6 Å². The molecular formula is C16H22ClN3O4S. The van der Waals surface area contributed by atoms with Crippen LogP contribution in [0, 0.1) is 0 Å². The lowest BCUT2D eigenvalue weighted by molar-refractivity contribution is -0.127. The molecule has 1 N–H and O–H groups in total. The maximum Gasteiger partial charge on any atom is 0.253 e. The van der Waals surface area contributed by atoms with Gasteiger partial charge in [-0.15, -0.1) is 0 Å². The highest BCUT2D eigenvalue weighted by Crippen LogP contribution is 2.25. The number of rotatable bonds is 5. The highest BCUT2D eigenvalue weighted by atomic mass is 35.5. The normalized spacial score (nSPS) is 15.6. The zero-order chi connectivity index (χ0) is 18.6. The average Bonchev–Trinajstić information content (AvgIpc) is 2.60. The molecule has 0 aromatic heterocycles. The average molecular weight is 388 g/mol. The molecule has 9 heteroatoms. The van der Waals surface area contributed by atoms with Crippen LogP contribution in [0.15, 0.2) is 23.1 Å². The molecule has 1 fully saturated rings. The summed E-state index contributed by atoms with van der Waals surface area (Å²) in [4.78, 5) is 25.2. The molecule has 0 radical (unpaired) electrons. The van der Waals surface area contributed by atoms with E-state index >= 15 is 0 Å². The molecule has 1 saturated heterocycles. The number of halogens is 1. The lowest BCUT2D eigenvalue weighted by atomic mass is 10.2. The Kier molecular flexibility index (Phi) is 6.42. The van der Waals surface area contributed by atoms with Gasteiger partial charge in [0, 0.05) is 27.2 Å². The summed E-state index contributed by atoms with van der Waals surface area (Å²) in [6, 6.07) is 4.05. The summed E-state index contributed by atoms with van der Waals surface area (Å²) in [5.41, 5.74) is 0.0336. The van der Waals surface area contributed by atoms with Crippen molar-refractivity contribution in [2.45, 2.75) is 24.2 Å². The molecule has 1 aliphatic rings. The standard InChI is InChI=1S/C16H22ClN3O4S/c1-19(2)15(21)11-18-16(22)13-10-12(6-7-14(13)17)25(23,24)20-8-4-3-5-9-20/h6-7,10H,3-5,8-9,11H2,1-2H3,(H,18,22). The monoisotopic (exact) mass is 387 g/mol. The van der Waals surface area contributed by atoms with Gasteiger partial charge in [-0.3, -0.25) is 9.59 Å². The minimum absolute atomic E-state index is 0.0305. The van der Waals surface area contributed by atoms with Gasteiger partial charge < -0.3 is 10.2 Å². The number of nitrogens with zero attached hydrogens (tertiary/aromatic N) is 2. The topological polar surface area (TPSA) is 86.8 Å². The number of carbonyl (C=O) groups is 2. The van der Waals surface area contributed by atoms with E-state index in [1.54, 1.807) is 14.1 Å². The molecule has 2 rings (SSSR count). The number of carbonyl (C=O) groups excluding carboxylic acids is 2. The van der Waals surface area contributed by atoms with Gasteiger partial charge in [0.05, 0.1) is 22.0 Å². The summed E-state index contributed by atoms with van der Waals surface area (Å²) < 4.78 is 26.9. The van der Waals surface area contributed by atoms with Crippen LogP contribution >= 0.6 is 11.6 Å². The largest absolute Gasteiger partial charge is 0.347 e. The van der Waals surface area contributed by atoms with Gasteiger partial charge in [-0.2, -0.15) is 4.31 Å². The first-order chi connectivity index (χ1) is 11.7. The fourth-order valence-corrected chi connectivity index (χ4v) is 4.25. The first-order valence-corrected chi connectivity index (χ1v) is 9.83. The first-order valence-electron chi connectivity index (χ1n) is 8.01. The second kappa shape index (κ2) is 8.16. The summed E-state index contributed by atoms with van der Waals surface area (Å²) in [5.74, 6) is -0.863.